The van der Waals surface area contributed by atoms with Crippen molar-refractivity contribution in [2.45, 2.75) is 10.9 Å². The maximum absolute atomic E-state index is 12.4. The Morgan fingerprint density at radius 2 is 1.94 bits per heavy atom. The Kier molecular flexibility index (Phi) is 7.90. The van der Waals surface area contributed by atoms with Crippen molar-refractivity contribution in [2.75, 3.05) is 27.4 Å². The molecule has 2 aromatic carbocycles. The Balaban J connectivity index is 1.62. The fourth-order valence-corrected chi connectivity index (χ4v) is 4.28. The van der Waals surface area contributed by atoms with Crippen LogP contribution in [-0.4, -0.2) is 53.0 Å². The van der Waals surface area contributed by atoms with Crippen molar-refractivity contribution in [3.8, 4) is 22.8 Å². The van der Waals surface area contributed by atoms with Crippen molar-refractivity contribution in [2.24, 2.45) is 0 Å². The smallest absolute Gasteiger partial charge is 0.251 e. The van der Waals surface area contributed by atoms with Crippen molar-refractivity contribution >= 4 is 17.7 Å². The molecule has 2 heterocycles. The maximum Gasteiger partial charge on any atom is 0.251 e. The Labute approximate surface area is 202 Å². The van der Waals surface area contributed by atoms with Crippen LogP contribution in [-0.2, 0) is 10.5 Å². The molecule has 0 aliphatic carbocycles. The van der Waals surface area contributed by atoms with E-state index in [-0.39, 0.29) is 5.91 Å². The van der Waals surface area contributed by atoms with E-state index in [1.54, 1.807) is 32.7 Å². The average molecular weight is 476 g/mol. The zero-order valence-corrected chi connectivity index (χ0v) is 19.8. The third kappa shape index (κ3) is 5.44. The molecule has 2 aromatic heterocycles. The van der Waals surface area contributed by atoms with E-state index in [0.717, 1.165) is 16.8 Å². The maximum atomic E-state index is 12.4. The summed E-state index contributed by atoms with van der Waals surface area (Å²) < 4.78 is 12.6. The van der Waals surface area contributed by atoms with Crippen molar-refractivity contribution in [1.82, 2.24) is 25.1 Å². The molecule has 34 heavy (non-hydrogen) atoms. The summed E-state index contributed by atoms with van der Waals surface area (Å²) in [5.41, 5.74) is 3.29. The normalized spacial score (nSPS) is 10.8. The summed E-state index contributed by atoms with van der Waals surface area (Å²) in [4.78, 5) is 16.6. The standard InChI is InChI=1S/C25H25N5O3S/c1-32-14-13-27-24(31)19-8-5-7-18(15-19)17-34-25-29-28-23(20-9-6-12-26-16-20)30(25)21-10-3-4-11-22(21)33-2/h3-12,15-16H,13-14,17H2,1-2H3,(H,27,31). The van der Waals surface area contributed by atoms with Gasteiger partial charge in [-0.3, -0.25) is 14.3 Å². The zero-order chi connectivity index (χ0) is 23.8. The highest BCUT2D eigenvalue weighted by Gasteiger charge is 2.19. The molecular weight excluding hydrogens is 450 g/mol. The summed E-state index contributed by atoms with van der Waals surface area (Å²) in [6, 6.07) is 19.1. The number of nitrogens with one attached hydrogen (secondary N) is 1. The number of hydrogen-bond acceptors (Lipinski definition) is 7. The first-order valence-electron chi connectivity index (χ1n) is 10.7. The topological polar surface area (TPSA) is 91.2 Å². The Morgan fingerprint density at radius 1 is 1.06 bits per heavy atom. The Hall–Kier alpha value is -3.69. The van der Waals surface area contributed by atoms with E-state index in [1.165, 1.54) is 11.8 Å². The predicted molar refractivity (Wildman–Crippen MR) is 131 cm³/mol. The van der Waals surface area contributed by atoms with Crippen molar-refractivity contribution < 1.29 is 14.3 Å². The third-order valence-corrected chi connectivity index (χ3v) is 6.03. The summed E-state index contributed by atoms with van der Waals surface area (Å²) in [6.07, 6.45) is 3.48. The van der Waals surface area contributed by atoms with Gasteiger partial charge in [0.25, 0.3) is 5.91 Å². The number of nitrogens with zero attached hydrogens (tertiary/aromatic N) is 4. The molecule has 4 aromatic rings. The van der Waals surface area contributed by atoms with Gasteiger partial charge in [0.1, 0.15) is 5.75 Å². The van der Waals surface area contributed by atoms with E-state index in [1.807, 2.05) is 59.2 Å². The molecule has 0 bridgehead atoms. The second-order valence-electron chi connectivity index (χ2n) is 7.29. The Bertz CT molecular complexity index is 1250. The molecule has 0 saturated heterocycles. The second kappa shape index (κ2) is 11.4. The molecule has 0 aliphatic rings. The molecule has 0 radical (unpaired) electrons. The number of para-hydroxylation sites is 2. The van der Waals surface area contributed by atoms with Gasteiger partial charge in [-0.1, -0.05) is 36.0 Å². The lowest BCUT2D eigenvalue weighted by molar-refractivity contribution is 0.0937. The zero-order valence-electron chi connectivity index (χ0n) is 19.0. The molecule has 0 atom stereocenters. The summed E-state index contributed by atoms with van der Waals surface area (Å²) >= 11 is 1.53. The average Bonchev–Trinajstić information content (AvgIpc) is 3.32. The monoisotopic (exact) mass is 475 g/mol. The molecule has 9 heteroatoms. The van der Waals surface area contributed by atoms with Crippen LogP contribution in [0.5, 0.6) is 5.75 Å². The first-order chi connectivity index (χ1) is 16.7. The number of ether oxygens (including phenoxy) is 2. The van der Waals surface area contributed by atoms with Gasteiger partial charge in [-0.25, -0.2) is 0 Å². The molecule has 174 valence electrons. The second-order valence-corrected chi connectivity index (χ2v) is 8.24. The van der Waals surface area contributed by atoms with Gasteiger partial charge < -0.3 is 14.8 Å². The lowest BCUT2D eigenvalue weighted by Crippen LogP contribution is -2.26. The van der Waals surface area contributed by atoms with Crippen LogP contribution in [0, 0.1) is 0 Å². The van der Waals surface area contributed by atoms with Gasteiger partial charge >= 0.3 is 0 Å². The number of amides is 1. The number of pyridine rings is 1. The van der Waals surface area contributed by atoms with Crippen LogP contribution in [0.1, 0.15) is 15.9 Å². The van der Waals surface area contributed by atoms with E-state index >= 15 is 0 Å². The lowest BCUT2D eigenvalue weighted by Gasteiger charge is -2.14. The quantitative estimate of drug-likeness (QED) is 0.274. The summed E-state index contributed by atoms with van der Waals surface area (Å²) in [5, 5.41) is 12.5. The minimum atomic E-state index is -0.125. The predicted octanol–water partition coefficient (Wildman–Crippen LogP) is 4.01. The van der Waals surface area contributed by atoms with Crippen LogP contribution >= 0.6 is 11.8 Å². The first kappa shape index (κ1) is 23.5. The summed E-state index contributed by atoms with van der Waals surface area (Å²) in [5.74, 6) is 1.87. The fourth-order valence-electron chi connectivity index (χ4n) is 3.40. The van der Waals surface area contributed by atoms with Crippen LogP contribution in [0.15, 0.2) is 78.2 Å². The highest BCUT2D eigenvalue weighted by molar-refractivity contribution is 7.98. The molecule has 1 amide bonds. The van der Waals surface area contributed by atoms with Gasteiger partial charge in [0, 0.05) is 42.9 Å². The number of hydrogen-bond donors (Lipinski definition) is 1. The van der Waals surface area contributed by atoms with Crippen molar-refractivity contribution in [3.05, 3.63) is 84.2 Å². The van der Waals surface area contributed by atoms with Crippen LogP contribution in [0.3, 0.4) is 0 Å². The fraction of sp³-hybridized carbons (Fsp3) is 0.200. The minimum Gasteiger partial charge on any atom is -0.495 e. The van der Waals surface area contributed by atoms with Crippen LogP contribution < -0.4 is 10.1 Å². The lowest BCUT2D eigenvalue weighted by atomic mass is 10.1. The number of benzene rings is 2. The number of thioether (sulfide) groups is 1. The number of rotatable bonds is 10. The van der Waals surface area contributed by atoms with Crippen LogP contribution in [0.4, 0.5) is 0 Å². The number of carbonyl (C=O) groups excluding carboxylic acids is 1. The van der Waals surface area contributed by atoms with Crippen molar-refractivity contribution in [3.63, 3.8) is 0 Å². The highest BCUT2D eigenvalue weighted by Crippen LogP contribution is 2.33. The molecule has 0 aliphatic heterocycles. The largest absolute Gasteiger partial charge is 0.495 e. The highest BCUT2D eigenvalue weighted by atomic mass is 32.2. The van der Waals surface area contributed by atoms with E-state index in [9.17, 15) is 4.79 Å². The number of carbonyl (C=O) groups is 1. The first-order valence-corrected chi connectivity index (χ1v) is 11.7. The molecule has 4 rings (SSSR count). The van der Waals surface area contributed by atoms with Gasteiger partial charge in [-0.15, -0.1) is 10.2 Å². The summed E-state index contributed by atoms with van der Waals surface area (Å²) in [6.45, 7) is 0.937. The number of aromatic nitrogens is 4. The molecule has 0 fully saturated rings. The van der Waals surface area contributed by atoms with E-state index in [2.05, 4.69) is 20.5 Å². The SMILES string of the molecule is COCCNC(=O)c1cccc(CSc2nnc(-c3cccnc3)n2-c2ccccc2OC)c1. The van der Waals surface area contributed by atoms with Crippen LogP contribution in [0.2, 0.25) is 0 Å². The van der Waals surface area contributed by atoms with Gasteiger partial charge in [0.15, 0.2) is 11.0 Å². The van der Waals surface area contributed by atoms with E-state index < -0.39 is 0 Å². The molecule has 0 saturated carbocycles. The molecule has 1 N–H and O–H groups in total. The molecule has 8 nitrogen and oxygen atoms in total. The van der Waals surface area contributed by atoms with Gasteiger partial charge in [-0.05, 0) is 42.0 Å². The van der Waals surface area contributed by atoms with Crippen molar-refractivity contribution in [1.29, 1.82) is 0 Å². The minimum absolute atomic E-state index is 0.125. The van der Waals surface area contributed by atoms with Gasteiger partial charge in [0.2, 0.25) is 0 Å². The van der Waals surface area contributed by atoms with E-state index in [0.29, 0.717) is 41.2 Å². The summed E-state index contributed by atoms with van der Waals surface area (Å²) in [7, 11) is 3.25. The third-order valence-electron chi connectivity index (χ3n) is 5.03. The van der Waals surface area contributed by atoms with E-state index in [4.69, 9.17) is 9.47 Å². The van der Waals surface area contributed by atoms with Gasteiger partial charge in [-0.2, -0.15) is 0 Å². The number of methoxy groups -OCH3 is 2. The molecule has 0 spiro atoms. The van der Waals surface area contributed by atoms with Gasteiger partial charge in [0.05, 0.1) is 19.4 Å². The Morgan fingerprint density at radius 3 is 2.74 bits per heavy atom. The molecule has 0 unspecified atom stereocenters. The van der Waals surface area contributed by atoms with Crippen LogP contribution in [0.25, 0.3) is 17.1 Å². The molecular formula is C25H25N5O3S.